The summed E-state index contributed by atoms with van der Waals surface area (Å²) in [5.41, 5.74) is 0.824. The van der Waals surface area contributed by atoms with E-state index >= 15 is 0 Å². The molecule has 4 aromatic rings. The van der Waals surface area contributed by atoms with Gasteiger partial charge in [0, 0.05) is 35.6 Å². The summed E-state index contributed by atoms with van der Waals surface area (Å²) < 4.78 is 31.0. The second-order valence-electron chi connectivity index (χ2n) is 18.5. The highest BCUT2D eigenvalue weighted by molar-refractivity contribution is 6.74. The number of nitrogens with one attached hydrogen (secondary N) is 1. The average molecular weight is 784 g/mol. The van der Waals surface area contributed by atoms with Gasteiger partial charge in [-0.1, -0.05) is 26.8 Å². The van der Waals surface area contributed by atoms with Gasteiger partial charge in [0.25, 0.3) is 0 Å². The molecule has 0 radical (unpaired) electrons. The van der Waals surface area contributed by atoms with Crippen LogP contribution in [0.3, 0.4) is 0 Å². The van der Waals surface area contributed by atoms with Crippen LogP contribution in [0.25, 0.3) is 10.9 Å². The third kappa shape index (κ3) is 6.91. The molecule has 13 nitrogen and oxygen atoms in total. The number of aromatic nitrogens is 3. The van der Waals surface area contributed by atoms with Crippen molar-refractivity contribution in [3.05, 3.63) is 65.4 Å². The minimum atomic E-state index is -1.98. The largest absolute Gasteiger partial charge is 0.497 e. The van der Waals surface area contributed by atoms with E-state index in [4.69, 9.17) is 28.5 Å². The molecule has 2 aromatic carbocycles. The summed E-state index contributed by atoms with van der Waals surface area (Å²) in [4.78, 5) is 47.3. The first-order chi connectivity index (χ1) is 26.0. The van der Waals surface area contributed by atoms with Crippen LogP contribution in [0.1, 0.15) is 97.3 Å². The number of amides is 2. The molecule has 0 saturated heterocycles. The van der Waals surface area contributed by atoms with E-state index in [2.05, 4.69) is 44.2 Å². The molecule has 1 N–H and O–H groups in total. The minimum absolute atomic E-state index is 0.0433. The quantitative estimate of drug-likeness (QED) is 0.179. The number of anilines is 3. The van der Waals surface area contributed by atoms with Crippen molar-refractivity contribution in [1.82, 2.24) is 14.8 Å². The van der Waals surface area contributed by atoms with E-state index in [1.54, 1.807) is 67.0 Å². The van der Waals surface area contributed by atoms with Crippen molar-refractivity contribution in [2.45, 2.75) is 115 Å². The number of carbonyl (C=O) groups is 3. The van der Waals surface area contributed by atoms with Gasteiger partial charge in [-0.25, -0.2) is 19.5 Å². The summed E-state index contributed by atoms with van der Waals surface area (Å²) >= 11 is 0. The number of imide groups is 1. The Hall–Kier alpha value is -4.95. The van der Waals surface area contributed by atoms with Crippen molar-refractivity contribution < 1.29 is 37.8 Å². The van der Waals surface area contributed by atoms with Gasteiger partial charge in [0.2, 0.25) is 5.91 Å². The lowest BCUT2D eigenvalue weighted by Crippen LogP contribution is -2.41. The van der Waals surface area contributed by atoms with Crippen molar-refractivity contribution in [2.24, 2.45) is 0 Å². The maximum absolute atomic E-state index is 14.4. The highest BCUT2D eigenvalue weighted by atomic mass is 28.4. The summed E-state index contributed by atoms with van der Waals surface area (Å²) in [6.07, 6.45) is 0.788. The van der Waals surface area contributed by atoms with E-state index in [1.165, 1.54) is 4.68 Å². The fourth-order valence-corrected chi connectivity index (χ4v) is 8.32. The van der Waals surface area contributed by atoms with E-state index in [1.807, 2.05) is 30.3 Å². The predicted molar refractivity (Wildman–Crippen MR) is 216 cm³/mol. The number of carbonyl (C=O) groups excluding carboxylic acids is 3. The topological polar surface area (TPSA) is 143 Å². The SMILES string of the molecule is COc1ccc2c(c1)[C@]1(C[C@H]1c1ccc3c(Nc4nccc5c4OCC5CO[Si](C)(C)C(C)(C)C)nn(C(=O)OC(C)(C)C)c3c1)C(=O)N2C(=O)OC(C)(C)C. The number of ether oxygens (including phenoxy) is 4. The Balaban J connectivity index is 1.24. The van der Waals surface area contributed by atoms with E-state index < -0.39 is 37.1 Å². The predicted octanol–water partition coefficient (Wildman–Crippen LogP) is 9.17. The Morgan fingerprint density at radius 2 is 1.64 bits per heavy atom. The van der Waals surface area contributed by atoms with Crippen LogP contribution in [0.2, 0.25) is 18.1 Å². The molecule has 3 aliphatic rings. The number of fused-ring (bicyclic) bond motifs is 4. The molecule has 298 valence electrons. The molecule has 7 rings (SSSR count). The zero-order chi connectivity index (χ0) is 40.7. The molecule has 2 amide bonds. The second-order valence-corrected chi connectivity index (χ2v) is 23.3. The molecule has 1 spiro atoms. The Morgan fingerprint density at radius 1 is 0.946 bits per heavy atom. The van der Waals surface area contributed by atoms with Crippen molar-refractivity contribution in [3.8, 4) is 11.5 Å². The van der Waals surface area contributed by atoms with E-state index in [-0.39, 0.29) is 22.8 Å². The molecule has 1 saturated carbocycles. The van der Waals surface area contributed by atoms with Crippen LogP contribution in [-0.4, -0.2) is 72.7 Å². The molecule has 1 fully saturated rings. The van der Waals surface area contributed by atoms with Crippen LogP contribution in [-0.2, 0) is 24.1 Å². The highest BCUT2D eigenvalue weighted by Gasteiger charge is 2.68. The van der Waals surface area contributed by atoms with Crippen LogP contribution in [0.15, 0.2) is 48.7 Å². The number of nitrogens with zero attached hydrogens (tertiary/aromatic N) is 4. The Bertz CT molecular complexity index is 2250. The fourth-order valence-electron chi connectivity index (χ4n) is 7.27. The zero-order valence-electron chi connectivity index (χ0n) is 34.4. The zero-order valence-corrected chi connectivity index (χ0v) is 35.4. The van der Waals surface area contributed by atoms with Gasteiger partial charge in [-0.2, -0.15) is 4.68 Å². The van der Waals surface area contributed by atoms with E-state index in [0.717, 1.165) is 16.0 Å². The van der Waals surface area contributed by atoms with Gasteiger partial charge >= 0.3 is 12.2 Å². The van der Waals surface area contributed by atoms with Crippen LogP contribution in [0.5, 0.6) is 11.5 Å². The van der Waals surface area contributed by atoms with Crippen LogP contribution in [0.4, 0.5) is 26.9 Å². The molecule has 3 atom stereocenters. The minimum Gasteiger partial charge on any atom is -0.497 e. The molecule has 2 aromatic heterocycles. The average Bonchev–Trinajstić information content (AvgIpc) is 3.42. The van der Waals surface area contributed by atoms with Gasteiger partial charge in [0.15, 0.2) is 25.7 Å². The number of hydrogen-bond acceptors (Lipinski definition) is 11. The van der Waals surface area contributed by atoms with Gasteiger partial charge in [-0.05, 0) is 114 Å². The maximum atomic E-state index is 14.4. The number of pyridine rings is 1. The highest BCUT2D eigenvalue weighted by Crippen LogP contribution is 2.67. The molecule has 4 heterocycles. The summed E-state index contributed by atoms with van der Waals surface area (Å²) in [5.74, 6) is 1.42. The molecule has 56 heavy (non-hydrogen) atoms. The standard InChI is InChI=1S/C42H53N5O8Si/c1-39(2,3)54-37(49)46-31-16-14-26(51-10)20-29(31)42(36(46)48)21-30(42)24-13-15-28-32(19-24)47(38(50)55-40(4,5)6)45-34(28)44-35-33-27(17-18-43-35)25(22-52-33)23-53-56(11,12)41(7,8)9/h13-20,25,30H,21-23H2,1-12H3,(H,43,44,45)/t25?,30-,42-/m0/s1. The molecule has 2 aliphatic heterocycles. The van der Waals surface area contributed by atoms with E-state index in [0.29, 0.717) is 64.9 Å². The van der Waals surface area contributed by atoms with Crippen molar-refractivity contribution in [2.75, 3.05) is 30.5 Å². The van der Waals surface area contributed by atoms with Gasteiger partial charge in [-0.15, -0.1) is 5.10 Å². The first kappa shape index (κ1) is 39.3. The third-order valence-corrected chi connectivity index (χ3v) is 15.7. The number of hydrogen-bond donors (Lipinski definition) is 1. The molecule has 14 heteroatoms. The second kappa shape index (κ2) is 13.3. The molecular formula is C42H53N5O8Si. The van der Waals surface area contributed by atoms with Gasteiger partial charge < -0.3 is 28.7 Å². The fraction of sp³-hybridized carbons (Fsp3) is 0.500. The van der Waals surface area contributed by atoms with Gasteiger partial charge in [0.05, 0.1) is 30.3 Å². The molecule has 0 bridgehead atoms. The first-order valence-electron chi connectivity index (χ1n) is 19.1. The molecule has 1 unspecified atom stereocenters. The Kier molecular flexibility index (Phi) is 9.35. The van der Waals surface area contributed by atoms with Gasteiger partial charge in [0.1, 0.15) is 17.0 Å². The van der Waals surface area contributed by atoms with Gasteiger partial charge in [-0.3, -0.25) is 4.79 Å². The van der Waals surface area contributed by atoms with Crippen LogP contribution >= 0.6 is 0 Å². The smallest absolute Gasteiger partial charge is 0.435 e. The van der Waals surface area contributed by atoms with Crippen molar-refractivity contribution >= 4 is 54.6 Å². The van der Waals surface area contributed by atoms with Crippen LogP contribution < -0.4 is 19.7 Å². The molecular weight excluding hydrogens is 731 g/mol. The van der Waals surface area contributed by atoms with E-state index in [9.17, 15) is 14.4 Å². The first-order valence-corrected chi connectivity index (χ1v) is 22.0. The Morgan fingerprint density at radius 3 is 2.30 bits per heavy atom. The summed E-state index contributed by atoms with van der Waals surface area (Å²) in [7, 11) is -0.414. The van der Waals surface area contributed by atoms with Crippen molar-refractivity contribution in [1.29, 1.82) is 0 Å². The lowest BCUT2D eigenvalue weighted by Gasteiger charge is -2.36. The molecule has 1 aliphatic carbocycles. The summed E-state index contributed by atoms with van der Waals surface area (Å²) in [5, 5.41) is 8.80. The summed E-state index contributed by atoms with van der Waals surface area (Å²) in [6.45, 7) is 22.8. The summed E-state index contributed by atoms with van der Waals surface area (Å²) in [6, 6.07) is 12.9. The third-order valence-electron chi connectivity index (χ3n) is 11.2. The van der Waals surface area contributed by atoms with Crippen LogP contribution in [0, 0.1) is 0 Å². The van der Waals surface area contributed by atoms with Crippen molar-refractivity contribution in [3.63, 3.8) is 0 Å². The normalized spacial score (nSPS) is 20.5. The maximum Gasteiger partial charge on any atom is 0.435 e. The number of methoxy groups -OCH3 is 1. The monoisotopic (exact) mass is 783 g/mol. The Labute approximate surface area is 329 Å². The number of rotatable bonds is 7. The lowest BCUT2D eigenvalue weighted by atomic mass is 9.91. The number of benzene rings is 2. The lowest BCUT2D eigenvalue weighted by molar-refractivity contribution is -0.120.